The van der Waals surface area contributed by atoms with E-state index in [-0.39, 0.29) is 52.8 Å². The fourth-order valence-electron chi connectivity index (χ4n) is 3.02. The minimum absolute atomic E-state index is 0.0503. The summed E-state index contributed by atoms with van der Waals surface area (Å²) in [6.07, 6.45) is 1.04. The molecule has 8 nitrogen and oxygen atoms in total. The van der Waals surface area contributed by atoms with E-state index in [9.17, 15) is 22.8 Å². The third-order valence-electron chi connectivity index (χ3n) is 4.86. The van der Waals surface area contributed by atoms with Gasteiger partial charge in [-0.15, -0.1) is 0 Å². The molecule has 1 saturated heterocycles. The summed E-state index contributed by atoms with van der Waals surface area (Å²) in [5.41, 5.74) is 0.702. The van der Waals surface area contributed by atoms with Gasteiger partial charge in [-0.2, -0.15) is 0 Å². The maximum Gasteiger partial charge on any atom is 0.261 e. The molecule has 1 aliphatic rings. The molecule has 9 heteroatoms. The average Bonchev–Trinajstić information content (AvgIpc) is 3.06. The number of carbonyl (C=O) groups is 3. The SMILES string of the molecule is CC[C@@H](C)NC(=O)c1ccccc1NS(=O)(=O)c1ccc(N2C(=O)CCC2=O)cc1. The number of rotatable bonds is 7. The summed E-state index contributed by atoms with van der Waals surface area (Å²) in [5.74, 6) is -0.992. The lowest BCUT2D eigenvalue weighted by molar-refractivity contribution is -0.121. The number of para-hydroxylation sites is 1. The smallest absolute Gasteiger partial charge is 0.261 e. The number of anilines is 2. The Kier molecular flexibility index (Phi) is 6.21. The first-order valence-corrected chi connectivity index (χ1v) is 11.1. The summed E-state index contributed by atoms with van der Waals surface area (Å²) in [7, 11) is -3.99. The Morgan fingerprint density at radius 2 is 1.63 bits per heavy atom. The number of nitrogens with zero attached hydrogens (tertiary/aromatic N) is 1. The first kappa shape index (κ1) is 21.5. The predicted octanol–water partition coefficient (Wildman–Crippen LogP) is 2.67. The maximum absolute atomic E-state index is 12.8. The van der Waals surface area contributed by atoms with Crippen molar-refractivity contribution in [3.05, 3.63) is 54.1 Å². The summed E-state index contributed by atoms with van der Waals surface area (Å²) in [6.45, 7) is 3.80. The van der Waals surface area contributed by atoms with Crippen molar-refractivity contribution in [3.63, 3.8) is 0 Å². The highest BCUT2D eigenvalue weighted by Crippen LogP contribution is 2.25. The van der Waals surface area contributed by atoms with Gasteiger partial charge in [0.1, 0.15) is 0 Å². The summed E-state index contributed by atoms with van der Waals surface area (Å²) in [5, 5.41) is 2.82. The molecule has 3 amide bonds. The fourth-order valence-corrected chi connectivity index (χ4v) is 4.10. The standard InChI is InChI=1S/C21H23N3O5S/c1-3-14(2)22-21(27)17-6-4-5-7-18(17)23-30(28,29)16-10-8-15(9-11-16)24-19(25)12-13-20(24)26/h4-11,14,23H,3,12-13H2,1-2H3,(H,22,27)/t14-/m1/s1. The largest absolute Gasteiger partial charge is 0.350 e. The van der Waals surface area contributed by atoms with Gasteiger partial charge in [-0.1, -0.05) is 19.1 Å². The second-order valence-electron chi connectivity index (χ2n) is 7.05. The topological polar surface area (TPSA) is 113 Å². The molecule has 158 valence electrons. The minimum Gasteiger partial charge on any atom is -0.350 e. The van der Waals surface area contributed by atoms with Crippen LogP contribution in [-0.2, 0) is 19.6 Å². The van der Waals surface area contributed by atoms with Gasteiger partial charge < -0.3 is 5.32 Å². The van der Waals surface area contributed by atoms with Crippen molar-refractivity contribution in [2.45, 2.75) is 44.0 Å². The van der Waals surface area contributed by atoms with Gasteiger partial charge in [0.25, 0.3) is 15.9 Å². The lowest BCUT2D eigenvalue weighted by atomic mass is 10.1. The Labute approximate surface area is 175 Å². The molecule has 2 aromatic rings. The van der Waals surface area contributed by atoms with E-state index < -0.39 is 10.0 Å². The Balaban J connectivity index is 1.83. The Bertz CT molecular complexity index is 1060. The van der Waals surface area contributed by atoms with Crippen molar-refractivity contribution in [2.24, 2.45) is 0 Å². The third-order valence-corrected chi connectivity index (χ3v) is 6.24. The highest BCUT2D eigenvalue weighted by Gasteiger charge is 2.30. The van der Waals surface area contributed by atoms with Crippen molar-refractivity contribution in [1.29, 1.82) is 0 Å². The number of sulfonamides is 1. The van der Waals surface area contributed by atoms with Crippen LogP contribution in [0.4, 0.5) is 11.4 Å². The molecular weight excluding hydrogens is 406 g/mol. The van der Waals surface area contributed by atoms with Gasteiger partial charge in [-0.3, -0.25) is 24.0 Å². The van der Waals surface area contributed by atoms with Gasteiger partial charge in [-0.25, -0.2) is 8.42 Å². The van der Waals surface area contributed by atoms with Gasteiger partial charge >= 0.3 is 0 Å². The molecule has 1 fully saturated rings. The number of carbonyl (C=O) groups excluding carboxylic acids is 3. The summed E-state index contributed by atoms with van der Waals surface area (Å²) in [6, 6.07) is 11.8. The normalized spacial score (nSPS) is 15.2. The predicted molar refractivity (Wildman–Crippen MR) is 113 cm³/mol. The number of nitrogens with one attached hydrogen (secondary N) is 2. The van der Waals surface area contributed by atoms with Crippen LogP contribution in [0.25, 0.3) is 0 Å². The van der Waals surface area contributed by atoms with Crippen LogP contribution in [-0.4, -0.2) is 32.2 Å². The number of benzene rings is 2. The number of hydrogen-bond donors (Lipinski definition) is 2. The summed E-state index contributed by atoms with van der Waals surface area (Å²) < 4.78 is 28.1. The van der Waals surface area contributed by atoms with Crippen LogP contribution in [0.5, 0.6) is 0 Å². The molecule has 30 heavy (non-hydrogen) atoms. The van der Waals surface area contributed by atoms with Crippen LogP contribution in [0.1, 0.15) is 43.5 Å². The highest BCUT2D eigenvalue weighted by atomic mass is 32.2. The molecule has 0 saturated carbocycles. The van der Waals surface area contributed by atoms with Crippen LogP contribution < -0.4 is 14.9 Å². The lowest BCUT2D eigenvalue weighted by Gasteiger charge is -2.16. The van der Waals surface area contributed by atoms with E-state index in [4.69, 9.17) is 0 Å². The van der Waals surface area contributed by atoms with Gasteiger partial charge in [-0.05, 0) is 49.7 Å². The first-order chi connectivity index (χ1) is 14.2. The minimum atomic E-state index is -3.99. The van der Waals surface area contributed by atoms with Crippen molar-refractivity contribution < 1.29 is 22.8 Å². The average molecular weight is 429 g/mol. The first-order valence-electron chi connectivity index (χ1n) is 9.61. The second kappa shape index (κ2) is 8.66. The molecule has 2 N–H and O–H groups in total. The van der Waals surface area contributed by atoms with Gasteiger partial charge in [0.2, 0.25) is 11.8 Å². The molecular formula is C21H23N3O5S. The highest BCUT2D eigenvalue weighted by molar-refractivity contribution is 7.92. The van der Waals surface area contributed by atoms with Crippen LogP contribution >= 0.6 is 0 Å². The zero-order chi connectivity index (χ0) is 21.9. The number of hydrogen-bond acceptors (Lipinski definition) is 5. The van der Waals surface area contributed by atoms with Crippen molar-refractivity contribution in [3.8, 4) is 0 Å². The zero-order valence-electron chi connectivity index (χ0n) is 16.7. The molecule has 0 aliphatic carbocycles. The van der Waals surface area contributed by atoms with E-state index >= 15 is 0 Å². The van der Waals surface area contributed by atoms with E-state index in [2.05, 4.69) is 10.0 Å². The van der Waals surface area contributed by atoms with Crippen LogP contribution in [0, 0.1) is 0 Å². The molecule has 1 aliphatic heterocycles. The van der Waals surface area contributed by atoms with Gasteiger partial charge in [0.15, 0.2) is 0 Å². The summed E-state index contributed by atoms with van der Waals surface area (Å²) >= 11 is 0. The van der Waals surface area contributed by atoms with E-state index in [1.165, 1.54) is 30.3 Å². The monoisotopic (exact) mass is 429 g/mol. The van der Waals surface area contributed by atoms with E-state index in [0.717, 1.165) is 11.3 Å². The quantitative estimate of drug-likeness (QED) is 0.657. The summed E-state index contributed by atoms with van der Waals surface area (Å²) in [4.78, 5) is 37.2. The van der Waals surface area contributed by atoms with Crippen molar-refractivity contribution in [2.75, 3.05) is 9.62 Å². The Morgan fingerprint density at radius 3 is 2.23 bits per heavy atom. The lowest BCUT2D eigenvalue weighted by Crippen LogP contribution is -2.32. The Morgan fingerprint density at radius 1 is 1.03 bits per heavy atom. The molecule has 0 radical (unpaired) electrons. The molecule has 1 heterocycles. The van der Waals surface area contributed by atoms with Gasteiger partial charge in [0, 0.05) is 18.9 Å². The number of imide groups is 1. The zero-order valence-corrected chi connectivity index (χ0v) is 17.5. The molecule has 0 spiro atoms. The fraction of sp³-hybridized carbons (Fsp3) is 0.286. The maximum atomic E-state index is 12.8. The molecule has 3 rings (SSSR count). The van der Waals surface area contributed by atoms with E-state index in [1.54, 1.807) is 18.2 Å². The van der Waals surface area contributed by atoms with Gasteiger partial charge in [0.05, 0.1) is 21.8 Å². The van der Waals surface area contributed by atoms with Crippen LogP contribution in [0.2, 0.25) is 0 Å². The van der Waals surface area contributed by atoms with Crippen LogP contribution in [0.3, 0.4) is 0 Å². The molecule has 2 aromatic carbocycles. The molecule has 0 bridgehead atoms. The van der Waals surface area contributed by atoms with Crippen molar-refractivity contribution >= 4 is 39.1 Å². The molecule has 1 atom stereocenters. The van der Waals surface area contributed by atoms with Crippen LogP contribution in [0.15, 0.2) is 53.4 Å². The Hall–Kier alpha value is -3.20. The molecule has 0 aromatic heterocycles. The second-order valence-corrected chi connectivity index (χ2v) is 8.73. The molecule has 0 unspecified atom stereocenters. The third kappa shape index (κ3) is 4.51. The van der Waals surface area contributed by atoms with Crippen molar-refractivity contribution in [1.82, 2.24) is 5.32 Å². The van der Waals surface area contributed by atoms with E-state index in [1.807, 2.05) is 13.8 Å². The number of amides is 3. The van der Waals surface area contributed by atoms with E-state index in [0.29, 0.717) is 5.69 Å².